The second-order valence-electron chi connectivity index (χ2n) is 10.8. The van der Waals surface area contributed by atoms with Crippen molar-refractivity contribution in [2.75, 3.05) is 51.5 Å². The molecule has 0 spiro atoms. The summed E-state index contributed by atoms with van der Waals surface area (Å²) in [5.74, 6) is 2.27. The van der Waals surface area contributed by atoms with Crippen molar-refractivity contribution in [3.63, 3.8) is 0 Å². The second kappa shape index (κ2) is 11.1. The Kier molecular flexibility index (Phi) is 7.62. The van der Waals surface area contributed by atoms with Crippen molar-refractivity contribution in [3.05, 3.63) is 82.9 Å². The van der Waals surface area contributed by atoms with Gasteiger partial charge in [-0.15, -0.1) is 0 Å². The number of aryl methyl sites for hydroxylation is 2. The number of aromatic nitrogens is 2. The van der Waals surface area contributed by atoms with E-state index in [0.29, 0.717) is 23.3 Å². The Morgan fingerprint density at radius 3 is 2.28 bits per heavy atom. The Morgan fingerprint density at radius 1 is 0.923 bits per heavy atom. The van der Waals surface area contributed by atoms with Crippen molar-refractivity contribution in [3.8, 4) is 11.5 Å². The Labute approximate surface area is 231 Å². The van der Waals surface area contributed by atoms with Crippen LogP contribution < -0.4 is 20.1 Å². The van der Waals surface area contributed by atoms with Gasteiger partial charge in [-0.1, -0.05) is 54.1 Å². The Morgan fingerprint density at radius 2 is 1.62 bits per heavy atom. The van der Waals surface area contributed by atoms with Crippen molar-refractivity contribution >= 4 is 22.7 Å². The van der Waals surface area contributed by atoms with Crippen LogP contribution in [0, 0.1) is 13.8 Å². The topological polar surface area (TPSA) is 76.7 Å². The maximum absolute atomic E-state index is 6.42. The van der Waals surface area contributed by atoms with Crippen molar-refractivity contribution in [1.82, 2.24) is 14.9 Å². The van der Waals surface area contributed by atoms with Gasteiger partial charge in [0.15, 0.2) is 11.5 Å². The fourth-order valence-corrected chi connectivity index (χ4v) is 5.90. The molecule has 0 atom stereocenters. The van der Waals surface area contributed by atoms with E-state index in [1.54, 1.807) is 14.2 Å². The number of methoxy groups -OCH3 is 2. The van der Waals surface area contributed by atoms with Crippen molar-refractivity contribution in [2.24, 2.45) is 0 Å². The number of rotatable bonds is 8. The van der Waals surface area contributed by atoms with Gasteiger partial charge in [-0.05, 0) is 62.5 Å². The summed E-state index contributed by atoms with van der Waals surface area (Å²) in [7, 11) is 5.30. The molecule has 7 nitrogen and oxygen atoms in total. The van der Waals surface area contributed by atoms with Gasteiger partial charge in [0.2, 0.25) is 5.95 Å². The number of piperidine rings is 1. The summed E-state index contributed by atoms with van der Waals surface area (Å²) in [6, 6.07) is 21.4. The second-order valence-corrected chi connectivity index (χ2v) is 10.8. The van der Waals surface area contributed by atoms with Crippen LogP contribution in [0.4, 0.5) is 11.8 Å². The fraction of sp³-hybridized carbons (Fsp3) is 0.375. The van der Waals surface area contributed by atoms with Gasteiger partial charge in [-0.25, -0.2) is 4.98 Å². The molecular weight excluding hydrogens is 486 g/mol. The molecule has 5 rings (SSSR count). The van der Waals surface area contributed by atoms with E-state index in [4.69, 9.17) is 25.2 Å². The smallest absolute Gasteiger partial charge is 0.227 e. The molecule has 4 aromatic rings. The SMILES string of the molecule is COc1cc2nc(N(C)CC3(c4ccccc4)CCN(Cc4ccc(C)cc4C)CC3)nc(N)c2cc1OC. The van der Waals surface area contributed by atoms with E-state index >= 15 is 0 Å². The molecule has 0 bridgehead atoms. The van der Waals surface area contributed by atoms with Crippen LogP contribution in [-0.4, -0.2) is 55.8 Å². The quantitative estimate of drug-likeness (QED) is 0.325. The molecule has 7 heteroatoms. The van der Waals surface area contributed by atoms with E-state index in [1.807, 2.05) is 12.1 Å². The van der Waals surface area contributed by atoms with E-state index < -0.39 is 0 Å². The van der Waals surface area contributed by atoms with Crippen LogP contribution in [0.25, 0.3) is 10.9 Å². The maximum atomic E-state index is 6.42. The van der Waals surface area contributed by atoms with Crippen LogP contribution >= 0.6 is 0 Å². The lowest BCUT2D eigenvalue weighted by Crippen LogP contribution is -2.48. The minimum atomic E-state index is -0.0144. The van der Waals surface area contributed by atoms with E-state index in [0.717, 1.165) is 49.9 Å². The molecule has 2 N–H and O–H groups in total. The highest BCUT2D eigenvalue weighted by Crippen LogP contribution is 2.38. The first kappa shape index (κ1) is 26.8. The Balaban J connectivity index is 1.40. The number of hydrogen-bond donors (Lipinski definition) is 1. The molecule has 0 saturated carbocycles. The standard InChI is InChI=1S/C32H39N5O2/c1-22-11-12-24(23(2)17-22)20-37-15-13-32(14-16-37,25-9-7-6-8-10-25)21-36(3)31-34-27-19-29(39-5)28(38-4)18-26(27)30(33)35-31/h6-12,17-19H,13-16,20-21H2,1-5H3,(H2,33,34,35). The van der Waals surface area contributed by atoms with Gasteiger partial charge < -0.3 is 20.1 Å². The number of benzene rings is 3. The zero-order valence-electron chi connectivity index (χ0n) is 23.7. The summed E-state index contributed by atoms with van der Waals surface area (Å²) < 4.78 is 10.9. The molecule has 204 valence electrons. The summed E-state index contributed by atoms with van der Waals surface area (Å²) >= 11 is 0. The predicted octanol–water partition coefficient (Wildman–Crippen LogP) is 5.52. The van der Waals surface area contributed by atoms with Crippen LogP contribution in [0.15, 0.2) is 60.7 Å². The Hall–Kier alpha value is -3.84. The third kappa shape index (κ3) is 5.50. The first-order valence-corrected chi connectivity index (χ1v) is 13.6. The highest BCUT2D eigenvalue weighted by molar-refractivity contribution is 5.91. The third-order valence-corrected chi connectivity index (χ3v) is 8.19. The lowest BCUT2D eigenvalue weighted by molar-refractivity contribution is 0.154. The first-order valence-electron chi connectivity index (χ1n) is 13.6. The summed E-state index contributed by atoms with van der Waals surface area (Å²) in [5.41, 5.74) is 12.6. The van der Waals surface area contributed by atoms with E-state index in [-0.39, 0.29) is 5.41 Å². The van der Waals surface area contributed by atoms with Gasteiger partial charge in [-0.2, -0.15) is 4.98 Å². The molecule has 0 aliphatic carbocycles. The van der Waals surface area contributed by atoms with E-state index in [9.17, 15) is 0 Å². The number of nitrogens with two attached hydrogens (primary N) is 1. The number of likely N-dealkylation sites (tertiary alicyclic amines) is 1. The maximum Gasteiger partial charge on any atom is 0.227 e. The minimum absolute atomic E-state index is 0.0144. The summed E-state index contributed by atoms with van der Waals surface area (Å²) in [5, 5.41) is 0.752. The lowest BCUT2D eigenvalue weighted by Gasteiger charge is -2.44. The lowest BCUT2D eigenvalue weighted by atomic mass is 9.72. The summed E-state index contributed by atoms with van der Waals surface area (Å²) in [4.78, 5) is 14.3. The first-order chi connectivity index (χ1) is 18.8. The molecule has 1 aliphatic rings. The largest absolute Gasteiger partial charge is 0.493 e. The highest BCUT2D eigenvalue weighted by Gasteiger charge is 2.38. The van der Waals surface area contributed by atoms with Crippen molar-refractivity contribution in [2.45, 2.75) is 38.6 Å². The number of nitrogen functional groups attached to an aromatic ring is 1. The van der Waals surface area contributed by atoms with Crippen molar-refractivity contribution in [1.29, 1.82) is 0 Å². The molecule has 39 heavy (non-hydrogen) atoms. The van der Waals surface area contributed by atoms with Gasteiger partial charge in [0.05, 0.1) is 19.7 Å². The zero-order chi connectivity index (χ0) is 27.6. The number of hydrogen-bond acceptors (Lipinski definition) is 7. The average Bonchev–Trinajstić information content (AvgIpc) is 2.95. The molecule has 1 aliphatic heterocycles. The van der Waals surface area contributed by atoms with Crippen LogP contribution in [0.5, 0.6) is 11.5 Å². The molecule has 2 heterocycles. The normalized spacial score (nSPS) is 15.3. The number of ether oxygens (including phenoxy) is 2. The highest BCUT2D eigenvalue weighted by atomic mass is 16.5. The zero-order valence-corrected chi connectivity index (χ0v) is 23.7. The fourth-order valence-electron chi connectivity index (χ4n) is 5.90. The average molecular weight is 526 g/mol. The predicted molar refractivity (Wildman–Crippen MR) is 159 cm³/mol. The van der Waals surface area contributed by atoms with Crippen LogP contribution in [0.3, 0.4) is 0 Å². The van der Waals surface area contributed by atoms with E-state index in [1.165, 1.54) is 22.3 Å². The van der Waals surface area contributed by atoms with Crippen LogP contribution in [0.1, 0.15) is 35.1 Å². The van der Waals surface area contributed by atoms with Gasteiger partial charge in [0.1, 0.15) is 5.82 Å². The Bertz CT molecular complexity index is 1450. The molecule has 1 saturated heterocycles. The van der Waals surface area contributed by atoms with Gasteiger partial charge >= 0.3 is 0 Å². The monoisotopic (exact) mass is 525 g/mol. The third-order valence-electron chi connectivity index (χ3n) is 8.19. The van der Waals surface area contributed by atoms with Gasteiger partial charge in [0, 0.05) is 37.0 Å². The van der Waals surface area contributed by atoms with Gasteiger partial charge in [0.25, 0.3) is 0 Å². The molecule has 1 fully saturated rings. The molecule has 0 unspecified atom stereocenters. The van der Waals surface area contributed by atoms with E-state index in [2.05, 4.69) is 79.2 Å². The van der Waals surface area contributed by atoms with Crippen LogP contribution in [-0.2, 0) is 12.0 Å². The number of anilines is 2. The number of fused-ring (bicyclic) bond motifs is 1. The van der Waals surface area contributed by atoms with Crippen LogP contribution in [0.2, 0.25) is 0 Å². The number of likely N-dealkylation sites (N-methyl/N-ethyl adjacent to an activating group) is 1. The number of nitrogens with zero attached hydrogens (tertiary/aromatic N) is 4. The van der Waals surface area contributed by atoms with Gasteiger partial charge in [-0.3, -0.25) is 4.90 Å². The summed E-state index contributed by atoms with van der Waals surface area (Å²) in [6.07, 6.45) is 2.11. The molecule has 3 aromatic carbocycles. The summed E-state index contributed by atoms with van der Waals surface area (Å²) in [6.45, 7) is 8.23. The molecule has 0 amide bonds. The minimum Gasteiger partial charge on any atom is -0.493 e. The molecule has 1 aromatic heterocycles. The molecular formula is C32H39N5O2. The van der Waals surface area contributed by atoms with Crippen molar-refractivity contribution < 1.29 is 9.47 Å². The molecule has 0 radical (unpaired) electrons.